The van der Waals surface area contributed by atoms with Crippen LogP contribution in [-0.2, 0) is 36.9 Å². The Hall–Kier alpha value is -2.30. The fourth-order valence-corrected chi connectivity index (χ4v) is 3.91. The van der Waals surface area contributed by atoms with E-state index >= 15 is 0 Å². The van der Waals surface area contributed by atoms with Gasteiger partial charge in [-0.3, -0.25) is 0 Å². The third kappa shape index (κ3) is 3.15. The van der Waals surface area contributed by atoms with E-state index in [1.54, 1.807) is 0 Å². The Kier molecular flexibility index (Phi) is 4.84. The zero-order valence-electron chi connectivity index (χ0n) is 15.5. The topological polar surface area (TPSA) is 64.4 Å². The fourth-order valence-electron chi connectivity index (χ4n) is 3.91. The maximum Gasteiger partial charge on any atom is 0.331 e. The summed E-state index contributed by atoms with van der Waals surface area (Å²) in [6, 6.07) is 2.10. The molecule has 0 bridgehead atoms. The number of rotatable bonds is 5. The molecule has 0 fully saturated rings. The Morgan fingerprint density at radius 1 is 1.28 bits per heavy atom. The molecule has 0 saturated heterocycles. The molecular weight excluding hydrogens is 316 g/mol. The summed E-state index contributed by atoms with van der Waals surface area (Å²) >= 11 is 0. The number of carbonyl (C=O) groups excluding carboxylic acids is 1. The molecular formula is C20H26N2O3. The molecule has 1 heterocycles. The monoisotopic (exact) mass is 342 g/mol. The first-order valence-corrected chi connectivity index (χ1v) is 9.07. The van der Waals surface area contributed by atoms with Crippen LogP contribution in [0.5, 0.6) is 5.75 Å². The van der Waals surface area contributed by atoms with Gasteiger partial charge in [-0.15, -0.1) is 5.10 Å². The van der Waals surface area contributed by atoms with E-state index < -0.39 is 0 Å². The highest BCUT2D eigenvalue weighted by Crippen LogP contribution is 2.36. The summed E-state index contributed by atoms with van der Waals surface area (Å²) in [6.07, 6.45) is 5.35. The summed E-state index contributed by atoms with van der Waals surface area (Å²) in [7, 11) is 0. The summed E-state index contributed by atoms with van der Waals surface area (Å²) in [5, 5.41) is 14.8. The van der Waals surface area contributed by atoms with Crippen LogP contribution in [0, 0.1) is 6.92 Å². The predicted octanol–water partition coefficient (Wildman–Crippen LogP) is 3.08. The number of carbonyl (C=O) groups is 1. The molecule has 0 unspecified atom stereocenters. The smallest absolute Gasteiger partial charge is 0.331 e. The summed E-state index contributed by atoms with van der Waals surface area (Å²) < 4.78 is 0. The Balaban J connectivity index is 2.07. The van der Waals surface area contributed by atoms with Crippen LogP contribution in [0.25, 0.3) is 0 Å². The Morgan fingerprint density at radius 2 is 2.00 bits per heavy atom. The number of benzene rings is 1. The van der Waals surface area contributed by atoms with Crippen molar-refractivity contribution in [2.75, 3.05) is 0 Å². The van der Waals surface area contributed by atoms with Gasteiger partial charge in [-0.25, -0.2) is 4.79 Å². The summed E-state index contributed by atoms with van der Waals surface area (Å²) in [5.41, 5.74) is 7.64. The van der Waals surface area contributed by atoms with E-state index in [0.717, 1.165) is 66.6 Å². The van der Waals surface area contributed by atoms with Crippen LogP contribution in [0.15, 0.2) is 6.07 Å². The van der Waals surface area contributed by atoms with Crippen LogP contribution in [-0.4, -0.2) is 21.0 Å². The third-order valence-electron chi connectivity index (χ3n) is 5.05. The van der Waals surface area contributed by atoms with Crippen molar-refractivity contribution in [3.05, 3.63) is 45.3 Å². The molecule has 134 valence electrons. The van der Waals surface area contributed by atoms with Crippen molar-refractivity contribution in [1.82, 2.24) is 9.94 Å². The van der Waals surface area contributed by atoms with Crippen molar-refractivity contribution in [2.45, 2.75) is 66.2 Å². The van der Waals surface area contributed by atoms with Crippen molar-refractivity contribution in [1.29, 1.82) is 0 Å². The molecule has 1 aliphatic rings. The zero-order valence-corrected chi connectivity index (χ0v) is 15.5. The normalized spacial score (nSPS) is 13.1. The quantitative estimate of drug-likeness (QED) is 0.907. The predicted molar refractivity (Wildman–Crippen MR) is 95.9 cm³/mol. The number of phenolic OH excluding ortho intramolecular Hbond substituents is 1. The van der Waals surface area contributed by atoms with Gasteiger partial charge in [0.25, 0.3) is 0 Å². The third-order valence-corrected chi connectivity index (χ3v) is 5.05. The van der Waals surface area contributed by atoms with E-state index in [0.29, 0.717) is 5.75 Å². The molecule has 1 N–H and O–H groups in total. The van der Waals surface area contributed by atoms with Crippen LogP contribution < -0.4 is 4.84 Å². The lowest BCUT2D eigenvalue weighted by Crippen LogP contribution is -2.20. The average molecular weight is 342 g/mol. The highest BCUT2D eigenvalue weighted by atomic mass is 16.7. The van der Waals surface area contributed by atoms with Crippen LogP contribution in [0.1, 0.15) is 66.4 Å². The first-order chi connectivity index (χ1) is 12.0. The first kappa shape index (κ1) is 17.5. The molecule has 0 aliphatic heterocycles. The molecule has 0 atom stereocenters. The van der Waals surface area contributed by atoms with Crippen LogP contribution in [0.4, 0.5) is 0 Å². The van der Waals surface area contributed by atoms with Crippen molar-refractivity contribution >= 4 is 5.97 Å². The SMILES string of the molecule is CCc1nn(OC(C)=O)c(CC)c1Cc1cc(C)c(O)c2c1CCC2. The molecule has 3 rings (SSSR count). The van der Waals surface area contributed by atoms with Gasteiger partial charge in [0.2, 0.25) is 0 Å². The molecule has 5 nitrogen and oxygen atoms in total. The van der Waals surface area contributed by atoms with Crippen molar-refractivity contribution in [3.8, 4) is 5.75 Å². The molecule has 2 aromatic rings. The van der Waals surface area contributed by atoms with Crippen molar-refractivity contribution in [2.24, 2.45) is 0 Å². The number of hydrogen-bond donors (Lipinski definition) is 1. The molecule has 1 aromatic heterocycles. The van der Waals surface area contributed by atoms with Gasteiger partial charge in [0, 0.05) is 18.9 Å². The molecule has 0 amide bonds. The number of phenols is 1. The highest BCUT2D eigenvalue weighted by Gasteiger charge is 2.24. The van der Waals surface area contributed by atoms with E-state index in [9.17, 15) is 9.90 Å². The minimum absolute atomic E-state index is 0.368. The van der Waals surface area contributed by atoms with Crippen LogP contribution in [0.2, 0.25) is 0 Å². The lowest BCUT2D eigenvalue weighted by atomic mass is 9.92. The number of aromatic hydroxyl groups is 1. The van der Waals surface area contributed by atoms with E-state index in [2.05, 4.69) is 18.1 Å². The van der Waals surface area contributed by atoms with E-state index in [1.165, 1.54) is 22.9 Å². The second-order valence-corrected chi connectivity index (χ2v) is 6.72. The van der Waals surface area contributed by atoms with Gasteiger partial charge in [0.15, 0.2) is 0 Å². The number of nitrogens with zero attached hydrogens (tertiary/aromatic N) is 2. The molecule has 1 aliphatic carbocycles. The van der Waals surface area contributed by atoms with E-state index in [4.69, 9.17) is 4.84 Å². The summed E-state index contributed by atoms with van der Waals surface area (Å²) in [4.78, 5) is 18.0. The number of fused-ring (bicyclic) bond motifs is 1. The molecule has 25 heavy (non-hydrogen) atoms. The van der Waals surface area contributed by atoms with Gasteiger partial charge in [-0.05, 0) is 61.3 Å². The molecule has 5 heteroatoms. The van der Waals surface area contributed by atoms with Gasteiger partial charge in [-0.2, -0.15) is 0 Å². The van der Waals surface area contributed by atoms with Gasteiger partial charge >= 0.3 is 5.97 Å². The number of hydrogen-bond acceptors (Lipinski definition) is 4. The second-order valence-electron chi connectivity index (χ2n) is 6.72. The minimum Gasteiger partial charge on any atom is -0.507 e. The van der Waals surface area contributed by atoms with E-state index in [1.807, 2.05) is 13.8 Å². The summed E-state index contributed by atoms with van der Waals surface area (Å²) in [6.45, 7) is 7.46. The number of aryl methyl sites for hydroxylation is 2. The van der Waals surface area contributed by atoms with Gasteiger partial charge < -0.3 is 9.94 Å². The van der Waals surface area contributed by atoms with Crippen LogP contribution >= 0.6 is 0 Å². The Morgan fingerprint density at radius 3 is 2.64 bits per heavy atom. The van der Waals surface area contributed by atoms with Gasteiger partial charge in [0.1, 0.15) is 5.75 Å². The van der Waals surface area contributed by atoms with Crippen molar-refractivity contribution in [3.63, 3.8) is 0 Å². The lowest BCUT2D eigenvalue weighted by molar-refractivity contribution is -0.143. The van der Waals surface area contributed by atoms with Crippen molar-refractivity contribution < 1.29 is 14.7 Å². The Bertz CT molecular complexity index is 821. The minimum atomic E-state index is -0.368. The highest BCUT2D eigenvalue weighted by molar-refractivity contribution is 5.66. The first-order valence-electron chi connectivity index (χ1n) is 9.07. The molecule has 0 spiro atoms. The summed E-state index contributed by atoms with van der Waals surface area (Å²) in [5.74, 6) is 0.0889. The molecule has 0 radical (unpaired) electrons. The van der Waals surface area contributed by atoms with Gasteiger partial charge in [-0.1, -0.05) is 24.8 Å². The maximum atomic E-state index is 11.4. The van der Waals surface area contributed by atoms with E-state index in [-0.39, 0.29) is 5.97 Å². The molecule has 1 aromatic carbocycles. The van der Waals surface area contributed by atoms with Crippen LogP contribution in [0.3, 0.4) is 0 Å². The standard InChI is InChI=1S/C20H26N2O3/c1-5-18-17(19(6-2)22(21-18)25-13(4)23)11-14-10-12(3)20(24)16-9-7-8-15(14)16/h10,24H,5-9,11H2,1-4H3. The average Bonchev–Trinajstić information content (AvgIpc) is 3.17. The largest absolute Gasteiger partial charge is 0.507 e. The zero-order chi connectivity index (χ0) is 18.1. The Labute approximate surface area is 148 Å². The molecule has 0 saturated carbocycles. The van der Waals surface area contributed by atoms with Gasteiger partial charge in [0.05, 0.1) is 11.4 Å². The number of aromatic nitrogens is 2. The second kappa shape index (κ2) is 6.90. The fraction of sp³-hybridized carbons (Fsp3) is 0.500. The maximum absolute atomic E-state index is 11.4. The lowest BCUT2D eigenvalue weighted by Gasteiger charge is -2.14.